The first-order chi connectivity index (χ1) is 12.2. The Bertz CT molecular complexity index is 949. The number of hydrogen-bond donors (Lipinski definition) is 1. The minimum atomic E-state index is -0.126. The SMILES string of the molecule is CNC(=O)Cn1cc(-n2ccnc2-c2cc3c(cc2Cl)OCO3)cn1. The van der Waals surface area contributed by atoms with E-state index in [-0.39, 0.29) is 19.2 Å². The van der Waals surface area contributed by atoms with E-state index in [1.54, 1.807) is 48.6 Å². The fourth-order valence-electron chi connectivity index (χ4n) is 2.59. The molecule has 1 aliphatic heterocycles. The van der Waals surface area contributed by atoms with Crippen molar-refractivity contribution in [1.29, 1.82) is 0 Å². The van der Waals surface area contributed by atoms with Gasteiger partial charge in [-0.05, 0) is 6.07 Å². The fraction of sp³-hybridized carbons (Fsp3) is 0.188. The lowest BCUT2D eigenvalue weighted by atomic mass is 10.2. The van der Waals surface area contributed by atoms with Gasteiger partial charge in [0.1, 0.15) is 12.4 Å². The second-order valence-corrected chi connectivity index (χ2v) is 5.78. The second kappa shape index (κ2) is 6.14. The van der Waals surface area contributed by atoms with Crippen LogP contribution in [0.3, 0.4) is 0 Å². The summed E-state index contributed by atoms with van der Waals surface area (Å²) in [7, 11) is 1.59. The van der Waals surface area contributed by atoms with Crippen molar-refractivity contribution >= 4 is 17.5 Å². The number of carbonyl (C=O) groups is 1. The lowest BCUT2D eigenvalue weighted by molar-refractivity contribution is -0.121. The average Bonchev–Trinajstić information content (AvgIpc) is 3.33. The third-order valence-corrected chi connectivity index (χ3v) is 4.14. The van der Waals surface area contributed by atoms with Crippen LogP contribution in [0, 0.1) is 0 Å². The van der Waals surface area contributed by atoms with E-state index in [0.717, 1.165) is 11.3 Å². The molecule has 0 radical (unpaired) electrons. The van der Waals surface area contributed by atoms with Crippen LogP contribution in [0.2, 0.25) is 5.02 Å². The standard InChI is InChI=1S/C16H14ClN5O3/c1-18-15(23)8-21-7-10(6-20-21)22-3-2-19-16(22)11-4-13-14(5-12(11)17)25-9-24-13/h2-7H,8-9H2,1H3,(H,18,23). The number of imidazole rings is 1. The highest BCUT2D eigenvalue weighted by Crippen LogP contribution is 2.40. The third kappa shape index (κ3) is 2.80. The molecule has 0 aliphatic carbocycles. The summed E-state index contributed by atoms with van der Waals surface area (Å²) in [6.45, 7) is 0.321. The molecule has 1 aliphatic rings. The first-order valence-corrected chi connectivity index (χ1v) is 7.90. The molecule has 0 spiro atoms. The number of amides is 1. The monoisotopic (exact) mass is 359 g/mol. The van der Waals surface area contributed by atoms with Gasteiger partial charge in [-0.15, -0.1) is 0 Å². The summed E-state index contributed by atoms with van der Waals surface area (Å²) in [4.78, 5) is 15.9. The molecule has 25 heavy (non-hydrogen) atoms. The van der Waals surface area contributed by atoms with Gasteiger partial charge in [-0.3, -0.25) is 14.0 Å². The first-order valence-electron chi connectivity index (χ1n) is 7.52. The van der Waals surface area contributed by atoms with E-state index in [1.165, 1.54) is 0 Å². The number of fused-ring (bicyclic) bond motifs is 1. The molecule has 3 heterocycles. The summed E-state index contributed by atoms with van der Waals surface area (Å²) < 4.78 is 14.2. The Morgan fingerprint density at radius 1 is 1.36 bits per heavy atom. The predicted molar refractivity (Wildman–Crippen MR) is 90.0 cm³/mol. The molecule has 2 aromatic heterocycles. The van der Waals surface area contributed by atoms with Gasteiger partial charge in [0, 0.05) is 37.3 Å². The number of rotatable bonds is 4. The van der Waals surface area contributed by atoms with E-state index in [9.17, 15) is 4.79 Å². The molecule has 0 atom stereocenters. The zero-order valence-electron chi connectivity index (χ0n) is 13.3. The van der Waals surface area contributed by atoms with E-state index in [0.29, 0.717) is 22.3 Å². The van der Waals surface area contributed by atoms with E-state index >= 15 is 0 Å². The largest absolute Gasteiger partial charge is 0.454 e. The van der Waals surface area contributed by atoms with Crippen LogP contribution in [-0.2, 0) is 11.3 Å². The van der Waals surface area contributed by atoms with Crippen LogP contribution in [0.15, 0.2) is 36.9 Å². The van der Waals surface area contributed by atoms with Gasteiger partial charge in [0.05, 0.1) is 16.9 Å². The van der Waals surface area contributed by atoms with Gasteiger partial charge in [-0.25, -0.2) is 4.98 Å². The van der Waals surface area contributed by atoms with Gasteiger partial charge in [0.25, 0.3) is 0 Å². The smallest absolute Gasteiger partial charge is 0.241 e. The first kappa shape index (κ1) is 15.5. The van der Waals surface area contributed by atoms with Crippen LogP contribution < -0.4 is 14.8 Å². The minimum Gasteiger partial charge on any atom is -0.454 e. The molecule has 9 heteroatoms. The molecule has 1 amide bonds. The number of halogens is 1. The molecule has 0 unspecified atom stereocenters. The maximum absolute atomic E-state index is 11.5. The Morgan fingerprint density at radius 2 is 2.16 bits per heavy atom. The molecule has 0 saturated carbocycles. The minimum absolute atomic E-state index is 0.126. The Hall–Kier alpha value is -3.00. The maximum atomic E-state index is 11.5. The summed E-state index contributed by atoms with van der Waals surface area (Å²) in [5, 5.41) is 7.28. The van der Waals surface area contributed by atoms with Crippen LogP contribution in [0.25, 0.3) is 17.1 Å². The lowest BCUT2D eigenvalue weighted by Crippen LogP contribution is -2.23. The number of benzene rings is 1. The van der Waals surface area contributed by atoms with Crippen molar-refractivity contribution in [3.63, 3.8) is 0 Å². The van der Waals surface area contributed by atoms with Crippen LogP contribution >= 0.6 is 11.6 Å². The summed E-state index contributed by atoms with van der Waals surface area (Å²) >= 11 is 6.39. The highest BCUT2D eigenvalue weighted by Gasteiger charge is 2.20. The van der Waals surface area contributed by atoms with Crippen LogP contribution in [0.1, 0.15) is 0 Å². The number of aromatic nitrogens is 4. The average molecular weight is 360 g/mol. The van der Waals surface area contributed by atoms with Crippen molar-refractivity contribution in [2.75, 3.05) is 13.8 Å². The summed E-state index contributed by atoms with van der Waals surface area (Å²) in [6.07, 6.45) is 6.90. The lowest BCUT2D eigenvalue weighted by Gasteiger charge is -2.08. The zero-order valence-corrected chi connectivity index (χ0v) is 14.0. The van der Waals surface area contributed by atoms with E-state index in [2.05, 4.69) is 15.4 Å². The van der Waals surface area contributed by atoms with Crippen molar-refractivity contribution in [2.24, 2.45) is 0 Å². The number of likely N-dealkylation sites (N-methyl/N-ethyl adjacent to an activating group) is 1. The number of carbonyl (C=O) groups excluding carboxylic acids is 1. The van der Waals surface area contributed by atoms with Crippen molar-refractivity contribution in [1.82, 2.24) is 24.6 Å². The topological polar surface area (TPSA) is 83.2 Å². The number of hydrogen-bond acceptors (Lipinski definition) is 5. The third-order valence-electron chi connectivity index (χ3n) is 3.83. The van der Waals surface area contributed by atoms with Gasteiger partial charge < -0.3 is 14.8 Å². The molecule has 1 N–H and O–H groups in total. The molecule has 128 valence electrons. The Labute approximate surface area is 147 Å². The number of nitrogens with one attached hydrogen (secondary N) is 1. The second-order valence-electron chi connectivity index (χ2n) is 5.38. The zero-order chi connectivity index (χ0) is 17.4. The van der Waals surface area contributed by atoms with Crippen LogP contribution in [-0.4, -0.2) is 39.1 Å². The quantitative estimate of drug-likeness (QED) is 0.768. The Kier molecular flexibility index (Phi) is 3.81. The van der Waals surface area contributed by atoms with Gasteiger partial charge in [0.2, 0.25) is 12.7 Å². The van der Waals surface area contributed by atoms with E-state index < -0.39 is 0 Å². The van der Waals surface area contributed by atoms with Crippen molar-refractivity contribution in [3.8, 4) is 28.6 Å². The molecule has 0 saturated heterocycles. The summed E-state index contributed by atoms with van der Waals surface area (Å²) in [6, 6.07) is 3.52. The van der Waals surface area contributed by atoms with E-state index in [4.69, 9.17) is 21.1 Å². The van der Waals surface area contributed by atoms with Crippen molar-refractivity contribution < 1.29 is 14.3 Å². The number of ether oxygens (including phenoxy) is 2. The predicted octanol–water partition coefficient (Wildman–Crippen LogP) is 1.86. The molecular formula is C16H14ClN5O3. The van der Waals surface area contributed by atoms with Gasteiger partial charge in [-0.1, -0.05) is 11.6 Å². The van der Waals surface area contributed by atoms with E-state index in [1.807, 2.05) is 4.57 Å². The normalized spacial score (nSPS) is 12.4. The number of nitrogens with zero attached hydrogens (tertiary/aromatic N) is 4. The van der Waals surface area contributed by atoms with Crippen LogP contribution in [0.5, 0.6) is 11.5 Å². The molecule has 8 nitrogen and oxygen atoms in total. The molecule has 4 rings (SSSR count). The fourth-order valence-corrected chi connectivity index (χ4v) is 2.83. The Morgan fingerprint density at radius 3 is 2.96 bits per heavy atom. The van der Waals surface area contributed by atoms with Crippen LogP contribution in [0.4, 0.5) is 0 Å². The van der Waals surface area contributed by atoms with Crippen molar-refractivity contribution in [2.45, 2.75) is 6.54 Å². The Balaban J connectivity index is 1.71. The molecule has 1 aromatic carbocycles. The van der Waals surface area contributed by atoms with Gasteiger partial charge in [0.15, 0.2) is 11.5 Å². The summed E-state index contributed by atoms with van der Waals surface area (Å²) in [5.74, 6) is 1.76. The molecule has 0 fully saturated rings. The maximum Gasteiger partial charge on any atom is 0.241 e. The molecule has 0 bridgehead atoms. The molecular weight excluding hydrogens is 346 g/mol. The summed E-state index contributed by atoms with van der Waals surface area (Å²) in [5.41, 5.74) is 1.49. The highest BCUT2D eigenvalue weighted by molar-refractivity contribution is 6.33. The highest BCUT2D eigenvalue weighted by atomic mass is 35.5. The molecule has 3 aromatic rings. The van der Waals surface area contributed by atoms with Crippen molar-refractivity contribution in [3.05, 3.63) is 41.9 Å². The van der Waals surface area contributed by atoms with Gasteiger partial charge >= 0.3 is 0 Å². The van der Waals surface area contributed by atoms with Gasteiger partial charge in [-0.2, -0.15) is 5.10 Å².